The standard InChI is InChI=1S/C21H23N5O/c22-21(27)18-3-1-2-16-12-26(24-20(16)18)17-6-4-14(5-7-17)10-25-11-15-8-9-23-19(15)13-25/h1-7,12,15,19,23H,8-11,13H2,(H2,22,27). The number of benzene rings is 2. The maximum atomic E-state index is 11.6. The second-order valence-electron chi connectivity index (χ2n) is 7.65. The van der Waals surface area contributed by atoms with Crippen molar-refractivity contribution in [3.05, 3.63) is 59.8 Å². The largest absolute Gasteiger partial charge is 0.366 e. The summed E-state index contributed by atoms with van der Waals surface area (Å²) in [6, 6.07) is 14.7. The zero-order chi connectivity index (χ0) is 18.4. The van der Waals surface area contributed by atoms with E-state index in [1.165, 1.54) is 25.1 Å². The number of carbonyl (C=O) groups excluding carboxylic acids is 1. The van der Waals surface area contributed by atoms with E-state index in [0.717, 1.165) is 30.1 Å². The van der Waals surface area contributed by atoms with Gasteiger partial charge < -0.3 is 11.1 Å². The van der Waals surface area contributed by atoms with Crippen molar-refractivity contribution in [1.29, 1.82) is 0 Å². The van der Waals surface area contributed by atoms with E-state index in [1.54, 1.807) is 6.07 Å². The van der Waals surface area contributed by atoms with Gasteiger partial charge in [-0.3, -0.25) is 9.69 Å². The number of primary amides is 1. The molecule has 0 radical (unpaired) electrons. The quantitative estimate of drug-likeness (QED) is 0.744. The summed E-state index contributed by atoms with van der Waals surface area (Å²) in [5.41, 5.74) is 8.85. The number of hydrogen-bond acceptors (Lipinski definition) is 4. The van der Waals surface area contributed by atoms with Crippen LogP contribution in [0.2, 0.25) is 0 Å². The Bertz CT molecular complexity index is 981. The molecule has 2 atom stereocenters. The van der Waals surface area contributed by atoms with E-state index in [2.05, 4.69) is 39.6 Å². The molecule has 1 amide bonds. The molecule has 3 heterocycles. The molecular weight excluding hydrogens is 338 g/mol. The molecule has 2 saturated heterocycles. The van der Waals surface area contributed by atoms with Crippen LogP contribution in [0, 0.1) is 5.92 Å². The minimum Gasteiger partial charge on any atom is -0.366 e. The monoisotopic (exact) mass is 361 g/mol. The lowest BCUT2D eigenvalue weighted by Crippen LogP contribution is -2.29. The van der Waals surface area contributed by atoms with Gasteiger partial charge in [0.15, 0.2) is 0 Å². The van der Waals surface area contributed by atoms with Crippen molar-refractivity contribution in [3.8, 4) is 5.69 Å². The van der Waals surface area contributed by atoms with Crippen LogP contribution in [-0.4, -0.2) is 46.3 Å². The Balaban J connectivity index is 1.35. The Morgan fingerprint density at radius 2 is 2.04 bits per heavy atom. The molecule has 5 rings (SSSR count). The molecule has 2 aliphatic rings. The minimum atomic E-state index is -0.453. The first-order chi connectivity index (χ1) is 13.2. The normalized spacial score (nSPS) is 22.4. The smallest absolute Gasteiger partial charge is 0.250 e. The molecule has 3 N–H and O–H groups in total. The molecule has 138 valence electrons. The fraction of sp³-hybridized carbons (Fsp3) is 0.333. The number of nitrogens with one attached hydrogen (secondary N) is 1. The van der Waals surface area contributed by atoms with Gasteiger partial charge in [-0.2, -0.15) is 5.10 Å². The van der Waals surface area contributed by atoms with Crippen molar-refractivity contribution in [3.63, 3.8) is 0 Å². The molecule has 2 unspecified atom stereocenters. The number of likely N-dealkylation sites (tertiary alicyclic amines) is 1. The van der Waals surface area contributed by atoms with Gasteiger partial charge >= 0.3 is 0 Å². The molecule has 2 aliphatic heterocycles. The fourth-order valence-corrected chi connectivity index (χ4v) is 4.46. The highest BCUT2D eigenvalue weighted by Crippen LogP contribution is 2.26. The van der Waals surface area contributed by atoms with E-state index in [0.29, 0.717) is 17.1 Å². The Hall–Kier alpha value is -2.70. The van der Waals surface area contributed by atoms with Crippen LogP contribution in [0.4, 0.5) is 0 Å². The van der Waals surface area contributed by atoms with Gasteiger partial charge in [0.05, 0.1) is 11.3 Å². The van der Waals surface area contributed by atoms with Crippen molar-refractivity contribution in [2.24, 2.45) is 11.7 Å². The lowest BCUT2D eigenvalue weighted by Gasteiger charge is -2.17. The third kappa shape index (κ3) is 3.01. The number of rotatable bonds is 4. The summed E-state index contributed by atoms with van der Waals surface area (Å²) in [6.45, 7) is 4.50. The zero-order valence-electron chi connectivity index (χ0n) is 15.1. The van der Waals surface area contributed by atoms with Gasteiger partial charge in [-0.1, -0.05) is 24.3 Å². The van der Waals surface area contributed by atoms with Crippen LogP contribution in [0.3, 0.4) is 0 Å². The van der Waals surface area contributed by atoms with Crippen LogP contribution in [0.15, 0.2) is 48.7 Å². The van der Waals surface area contributed by atoms with Gasteiger partial charge in [-0.15, -0.1) is 0 Å². The van der Waals surface area contributed by atoms with Gasteiger partial charge in [0.2, 0.25) is 0 Å². The molecule has 2 aromatic carbocycles. The van der Waals surface area contributed by atoms with Crippen molar-refractivity contribution < 1.29 is 4.79 Å². The molecule has 6 nitrogen and oxygen atoms in total. The number of nitrogens with two attached hydrogens (primary N) is 1. The van der Waals surface area contributed by atoms with Crippen LogP contribution in [-0.2, 0) is 6.54 Å². The SMILES string of the molecule is NC(=O)c1cccc2cn(-c3ccc(CN4CC5CCNC5C4)cc3)nc12. The summed E-state index contributed by atoms with van der Waals surface area (Å²) >= 11 is 0. The van der Waals surface area contributed by atoms with Crippen molar-refractivity contribution in [1.82, 2.24) is 20.0 Å². The molecular formula is C21H23N5O. The number of amides is 1. The van der Waals surface area contributed by atoms with Gasteiger partial charge in [0, 0.05) is 37.3 Å². The molecule has 0 spiro atoms. The van der Waals surface area contributed by atoms with Crippen molar-refractivity contribution in [2.45, 2.75) is 19.0 Å². The first-order valence-corrected chi connectivity index (χ1v) is 9.50. The summed E-state index contributed by atoms with van der Waals surface area (Å²) in [4.78, 5) is 14.1. The number of carbonyl (C=O) groups is 1. The van der Waals surface area contributed by atoms with E-state index < -0.39 is 5.91 Å². The Labute approximate surface area is 157 Å². The van der Waals surface area contributed by atoms with E-state index in [4.69, 9.17) is 5.73 Å². The number of hydrogen-bond donors (Lipinski definition) is 2. The van der Waals surface area contributed by atoms with E-state index in [-0.39, 0.29) is 0 Å². The first kappa shape index (κ1) is 16.5. The predicted molar refractivity (Wildman–Crippen MR) is 105 cm³/mol. The minimum absolute atomic E-state index is 0.453. The van der Waals surface area contributed by atoms with Crippen LogP contribution >= 0.6 is 0 Å². The molecule has 2 fully saturated rings. The number of fused-ring (bicyclic) bond motifs is 2. The lowest BCUT2D eigenvalue weighted by atomic mass is 10.1. The van der Waals surface area contributed by atoms with Gasteiger partial charge in [-0.25, -0.2) is 4.68 Å². The summed E-state index contributed by atoms with van der Waals surface area (Å²) in [5, 5.41) is 9.09. The number of nitrogens with zero attached hydrogens (tertiary/aromatic N) is 3. The molecule has 6 heteroatoms. The van der Waals surface area contributed by atoms with Crippen molar-refractivity contribution >= 4 is 16.8 Å². The molecule has 0 saturated carbocycles. The van der Waals surface area contributed by atoms with E-state index >= 15 is 0 Å². The van der Waals surface area contributed by atoms with Crippen LogP contribution < -0.4 is 11.1 Å². The predicted octanol–water partition coefficient (Wildman–Crippen LogP) is 1.92. The second-order valence-corrected chi connectivity index (χ2v) is 7.65. The Morgan fingerprint density at radius 3 is 2.81 bits per heavy atom. The van der Waals surface area contributed by atoms with Crippen molar-refractivity contribution in [2.75, 3.05) is 19.6 Å². The fourth-order valence-electron chi connectivity index (χ4n) is 4.46. The van der Waals surface area contributed by atoms with E-state index in [9.17, 15) is 4.79 Å². The number of aromatic nitrogens is 2. The average molecular weight is 361 g/mol. The van der Waals surface area contributed by atoms with Crippen LogP contribution in [0.5, 0.6) is 0 Å². The summed E-state index contributed by atoms with van der Waals surface area (Å²) < 4.78 is 1.81. The third-order valence-corrected chi connectivity index (χ3v) is 5.85. The van der Waals surface area contributed by atoms with Crippen LogP contribution in [0.25, 0.3) is 16.6 Å². The lowest BCUT2D eigenvalue weighted by molar-refractivity contribution is 0.100. The van der Waals surface area contributed by atoms with Gasteiger partial charge in [0.25, 0.3) is 5.91 Å². The molecule has 0 aliphatic carbocycles. The maximum absolute atomic E-state index is 11.6. The Morgan fingerprint density at radius 1 is 1.19 bits per heavy atom. The summed E-state index contributed by atoms with van der Waals surface area (Å²) in [6.07, 6.45) is 3.24. The highest BCUT2D eigenvalue weighted by atomic mass is 16.1. The topological polar surface area (TPSA) is 76.2 Å². The highest BCUT2D eigenvalue weighted by molar-refractivity contribution is 6.04. The van der Waals surface area contributed by atoms with E-state index in [1.807, 2.05) is 23.0 Å². The Kier molecular flexibility index (Phi) is 3.95. The first-order valence-electron chi connectivity index (χ1n) is 9.50. The third-order valence-electron chi connectivity index (χ3n) is 5.85. The average Bonchev–Trinajstić information content (AvgIpc) is 3.35. The molecule has 27 heavy (non-hydrogen) atoms. The van der Waals surface area contributed by atoms with Gasteiger partial charge in [0.1, 0.15) is 5.52 Å². The molecule has 3 aromatic rings. The van der Waals surface area contributed by atoms with Crippen LogP contribution in [0.1, 0.15) is 22.3 Å². The maximum Gasteiger partial charge on any atom is 0.250 e. The summed E-state index contributed by atoms with van der Waals surface area (Å²) in [7, 11) is 0. The molecule has 0 bridgehead atoms. The summed E-state index contributed by atoms with van der Waals surface area (Å²) in [5.74, 6) is 0.367. The zero-order valence-corrected chi connectivity index (χ0v) is 15.1. The van der Waals surface area contributed by atoms with Gasteiger partial charge in [-0.05, 0) is 42.6 Å². The molecule has 1 aromatic heterocycles. The highest BCUT2D eigenvalue weighted by Gasteiger charge is 2.35. The second kappa shape index (κ2) is 6.48.